The van der Waals surface area contributed by atoms with E-state index < -0.39 is 61.3 Å². The molecule has 0 saturated heterocycles. The highest BCUT2D eigenvalue weighted by molar-refractivity contribution is 5.95. The molecule has 0 fully saturated rings. The average molecular weight is 1250 g/mol. The van der Waals surface area contributed by atoms with E-state index >= 15 is 0 Å². The molecule has 0 aromatic heterocycles. The normalized spacial score (nSPS) is 12.2. The van der Waals surface area contributed by atoms with Crippen LogP contribution in [0, 0.1) is 0 Å². The molecule has 0 heterocycles. The van der Waals surface area contributed by atoms with Gasteiger partial charge in [-0.2, -0.15) is 0 Å². The second-order valence-corrected chi connectivity index (χ2v) is 24.7. The summed E-state index contributed by atoms with van der Waals surface area (Å²) in [6.07, 6.45) is 61.4. The molecule has 0 saturated carbocycles. The van der Waals surface area contributed by atoms with Crippen molar-refractivity contribution >= 4 is 42.0 Å². The van der Waals surface area contributed by atoms with E-state index in [2.05, 4.69) is 67.5 Å². The number of benzene rings is 1. The van der Waals surface area contributed by atoms with Gasteiger partial charge in [0.25, 0.3) is 5.91 Å². The lowest BCUT2D eigenvalue weighted by molar-refractivity contribution is -0.196. The van der Waals surface area contributed by atoms with Crippen molar-refractivity contribution in [2.24, 2.45) is 10.7 Å². The molecule has 1 aromatic carbocycles. The number of nitrogens with one attached hydrogen (secondary N) is 1. The van der Waals surface area contributed by atoms with Crippen LogP contribution in [0.1, 0.15) is 332 Å². The maximum absolute atomic E-state index is 13.8. The maximum atomic E-state index is 13.8. The smallest absolute Gasteiger partial charge is 0.320 e. The molecule has 0 aliphatic heterocycles. The van der Waals surface area contributed by atoms with Crippen molar-refractivity contribution in [3.63, 3.8) is 0 Å². The number of ether oxygens (including phenoxy) is 4. The predicted octanol–water partition coefficient (Wildman–Crippen LogP) is 18.8. The van der Waals surface area contributed by atoms with Gasteiger partial charge in [-0.25, -0.2) is 0 Å². The Labute approximate surface area is 541 Å². The molecule has 1 unspecified atom stereocenters. The molecule has 4 N–H and O–H groups in total. The predicted molar refractivity (Wildman–Crippen MR) is 365 cm³/mol. The summed E-state index contributed by atoms with van der Waals surface area (Å²) in [5, 5.41) is 11.8. The second kappa shape index (κ2) is 60.5. The van der Waals surface area contributed by atoms with Gasteiger partial charge in [-0.3, -0.25) is 33.8 Å². The van der Waals surface area contributed by atoms with Crippen molar-refractivity contribution in [2.75, 3.05) is 32.9 Å². The van der Waals surface area contributed by atoms with Gasteiger partial charge in [0.2, 0.25) is 5.60 Å². The first-order chi connectivity index (χ1) is 43.4. The molecule has 1 atom stereocenters. The first kappa shape index (κ1) is 81.9. The van der Waals surface area contributed by atoms with Crippen LogP contribution in [0.3, 0.4) is 0 Å². The van der Waals surface area contributed by atoms with Crippen molar-refractivity contribution in [3.05, 3.63) is 71.8 Å². The van der Waals surface area contributed by atoms with Gasteiger partial charge in [0.05, 0.1) is 6.42 Å². The summed E-state index contributed by atoms with van der Waals surface area (Å²) in [5.41, 5.74) is 4.91. The third-order valence-corrected chi connectivity index (χ3v) is 16.1. The Balaban J connectivity index is 3.01. The zero-order valence-electron chi connectivity index (χ0n) is 56.5. The summed E-state index contributed by atoms with van der Waals surface area (Å²) in [4.78, 5) is 82.0. The number of amides is 1. The third kappa shape index (κ3) is 52.2. The summed E-state index contributed by atoms with van der Waals surface area (Å²) >= 11 is 0. The van der Waals surface area contributed by atoms with Crippen LogP contribution >= 0.6 is 0 Å². The van der Waals surface area contributed by atoms with Crippen LogP contribution in [0.15, 0.2) is 65.7 Å². The number of carboxylic acids is 1. The minimum atomic E-state index is -1.79. The quantitative estimate of drug-likeness (QED) is 0.0183. The number of esters is 4. The molecule has 1 rings (SSSR count). The Morgan fingerprint density at radius 2 is 0.787 bits per heavy atom. The minimum Gasteiger partial charge on any atom is -0.480 e. The zero-order chi connectivity index (χ0) is 64.8. The van der Waals surface area contributed by atoms with Crippen LogP contribution in [-0.2, 0) is 42.9 Å². The molecular weight excluding hydrogens is 1120 g/mol. The summed E-state index contributed by atoms with van der Waals surface area (Å²) in [6, 6.07) is 5.87. The van der Waals surface area contributed by atoms with Gasteiger partial charge in [0, 0.05) is 44.1 Å². The topological polar surface area (TPSA) is 210 Å². The molecule has 0 aliphatic carbocycles. The number of aliphatic imine (C=N–C) groups is 1. The van der Waals surface area contributed by atoms with E-state index in [0.29, 0.717) is 56.2 Å². The van der Waals surface area contributed by atoms with Crippen molar-refractivity contribution < 1.29 is 52.8 Å². The first-order valence-corrected chi connectivity index (χ1v) is 35.9. The van der Waals surface area contributed by atoms with E-state index in [9.17, 15) is 28.8 Å². The van der Waals surface area contributed by atoms with Crippen molar-refractivity contribution in [1.82, 2.24) is 5.32 Å². The lowest BCUT2D eigenvalue weighted by Gasteiger charge is -2.32. The zero-order valence-corrected chi connectivity index (χ0v) is 56.5. The van der Waals surface area contributed by atoms with Crippen molar-refractivity contribution in [2.45, 2.75) is 328 Å². The van der Waals surface area contributed by atoms with E-state index in [0.717, 1.165) is 116 Å². The van der Waals surface area contributed by atoms with Crippen molar-refractivity contribution in [3.8, 4) is 0 Å². The van der Waals surface area contributed by atoms with Gasteiger partial charge < -0.3 is 35.1 Å². The van der Waals surface area contributed by atoms with Gasteiger partial charge in [-0.15, -0.1) is 0 Å². The molecular formula is C75H127N3O11. The summed E-state index contributed by atoms with van der Waals surface area (Å²) in [6.45, 7) is 5.75. The number of hydrogen-bond acceptors (Lipinski definition) is 12. The molecule has 0 radical (unpaired) electrons. The molecule has 0 bridgehead atoms. The van der Waals surface area contributed by atoms with Crippen LogP contribution in [0.25, 0.3) is 0 Å². The largest absolute Gasteiger partial charge is 0.480 e. The number of carbonyl (C=O) groups is 6. The van der Waals surface area contributed by atoms with Gasteiger partial charge in [0.1, 0.15) is 25.9 Å². The fourth-order valence-corrected chi connectivity index (χ4v) is 10.3. The first-order valence-electron chi connectivity index (χ1n) is 35.9. The lowest BCUT2D eigenvalue weighted by atomic mass is 10.1. The molecule has 508 valence electrons. The molecule has 0 aliphatic rings. The summed E-state index contributed by atoms with van der Waals surface area (Å²) in [5.74, 6) is -3.44. The number of rotatable bonds is 63. The molecule has 1 aromatic rings. The number of carboxylic acid groups (broad SMARTS) is 1. The fourth-order valence-electron chi connectivity index (χ4n) is 10.3. The Morgan fingerprint density at radius 1 is 0.449 bits per heavy atom. The SMILES string of the molecule is CCCCCCCC/C=C/CCCCCCCC(=O)OCC(COC(=O)CCCCCCC/C=C/CCCCCCCC)(COC(=O)CCCCCCC/C=C/CCCCCCCC)OC(=O)CCN=Cc1ccc(C(=O)NCCCCC(N)C(=O)O)cc1. The van der Waals surface area contributed by atoms with Crippen LogP contribution in [-0.4, -0.2) is 91.6 Å². The van der Waals surface area contributed by atoms with Crippen LogP contribution < -0.4 is 11.1 Å². The molecule has 14 heteroatoms. The summed E-state index contributed by atoms with van der Waals surface area (Å²) in [7, 11) is 0. The van der Waals surface area contributed by atoms with E-state index in [4.69, 9.17) is 29.8 Å². The van der Waals surface area contributed by atoms with Crippen LogP contribution in [0.2, 0.25) is 0 Å². The number of unbranched alkanes of at least 4 members (excludes halogenated alkanes) is 34. The van der Waals surface area contributed by atoms with Crippen LogP contribution in [0.4, 0.5) is 0 Å². The Kier molecular flexibility index (Phi) is 55.6. The van der Waals surface area contributed by atoms with Gasteiger partial charge in [-0.1, -0.05) is 223 Å². The highest BCUT2D eigenvalue weighted by Gasteiger charge is 2.40. The number of aliphatic carboxylic acids is 1. The number of allylic oxidation sites excluding steroid dienone is 6. The highest BCUT2D eigenvalue weighted by Crippen LogP contribution is 2.21. The van der Waals surface area contributed by atoms with E-state index in [-0.39, 0.29) is 38.1 Å². The monoisotopic (exact) mass is 1250 g/mol. The lowest BCUT2D eigenvalue weighted by Crippen LogP contribution is -2.50. The Hall–Kier alpha value is -5.11. The van der Waals surface area contributed by atoms with Crippen molar-refractivity contribution in [1.29, 1.82) is 0 Å². The Bertz CT molecular complexity index is 1900. The number of carbonyl (C=O) groups excluding carboxylic acids is 5. The van der Waals surface area contributed by atoms with Gasteiger partial charge in [0.15, 0.2) is 0 Å². The molecule has 0 spiro atoms. The number of nitrogens with zero attached hydrogens (tertiary/aromatic N) is 1. The summed E-state index contributed by atoms with van der Waals surface area (Å²) < 4.78 is 23.6. The van der Waals surface area contributed by atoms with Gasteiger partial charge >= 0.3 is 29.8 Å². The average Bonchev–Trinajstić information content (AvgIpc) is 3.36. The molecule has 14 nitrogen and oxygen atoms in total. The fraction of sp³-hybridized carbons (Fsp3) is 0.747. The number of hydrogen-bond donors (Lipinski definition) is 3. The molecule has 89 heavy (non-hydrogen) atoms. The number of nitrogens with two attached hydrogens (primary N) is 1. The van der Waals surface area contributed by atoms with Gasteiger partial charge in [-0.05, 0) is 133 Å². The second-order valence-electron chi connectivity index (χ2n) is 24.7. The van der Waals surface area contributed by atoms with Crippen LogP contribution in [0.5, 0.6) is 0 Å². The van der Waals surface area contributed by atoms with E-state index in [1.165, 1.54) is 116 Å². The van der Waals surface area contributed by atoms with E-state index in [1.54, 1.807) is 30.5 Å². The maximum Gasteiger partial charge on any atom is 0.320 e. The molecule has 1 amide bonds. The standard InChI is InChI=1S/C75H127N3O11/c1-4-7-10-13-16-19-22-25-28-31-34-37-40-43-46-52-69(79)86-63-75(64-87-70(80)53-47-44-41-38-35-32-29-26-23-20-17-14-11-8-5-2,65-88-71(81)54-48-45-42-39-36-33-30-27-24-21-18-15-12-9-6-3)89-72(82)59-61-77-62-66-55-57-67(58-56-66)73(83)78-60-50-49-51-68(76)74(84)85/h25-30,55-58,62,68H,4-24,31-54,59-61,63-65,76H2,1-3H3,(H,78,83)(H,84,85)/b28-25+,29-26+,30-27+,77-62?. The Morgan fingerprint density at radius 3 is 1.13 bits per heavy atom. The minimum absolute atomic E-state index is 0.0303. The van der Waals surface area contributed by atoms with E-state index in [1.807, 2.05) is 0 Å². The third-order valence-electron chi connectivity index (χ3n) is 16.1. The highest BCUT2D eigenvalue weighted by atomic mass is 16.6.